The van der Waals surface area contributed by atoms with Crippen LogP contribution in [0.15, 0.2) is 11.6 Å². The van der Waals surface area contributed by atoms with E-state index < -0.39 is 48.0 Å². The number of hydrogen-bond donors (Lipinski definition) is 5. The predicted molar refractivity (Wildman–Crippen MR) is 169 cm³/mol. The smallest absolute Gasteiger partial charge is 0.310 e. The van der Waals surface area contributed by atoms with Crippen LogP contribution in [0.5, 0.6) is 0 Å². The maximum atomic E-state index is 12.9. The van der Waals surface area contributed by atoms with Crippen molar-refractivity contribution in [1.29, 1.82) is 0 Å². The Labute approximate surface area is 264 Å². The third kappa shape index (κ3) is 4.27. The van der Waals surface area contributed by atoms with Crippen LogP contribution in [-0.2, 0) is 9.53 Å². The summed E-state index contributed by atoms with van der Waals surface area (Å²) in [6.45, 7) is 18.4. The van der Waals surface area contributed by atoms with Gasteiger partial charge in [-0.2, -0.15) is 0 Å². The Balaban J connectivity index is 1.32. The highest BCUT2D eigenvalue weighted by atomic mass is 16.5. The normalized spacial score (nSPS) is 53.6. The van der Waals surface area contributed by atoms with Crippen LogP contribution in [0.25, 0.3) is 0 Å². The zero-order valence-electron chi connectivity index (χ0n) is 28.5. The average Bonchev–Trinajstić information content (AvgIpc) is 2.93. The first kappa shape index (κ1) is 32.9. The molecule has 0 amide bonds. The molecular formula is C37H60O7. The second kappa shape index (κ2) is 10.3. The third-order valence-electron chi connectivity index (χ3n) is 15.8. The van der Waals surface area contributed by atoms with E-state index in [1.807, 2.05) is 0 Å². The minimum absolute atomic E-state index is 0.0331. The van der Waals surface area contributed by atoms with E-state index in [-0.39, 0.29) is 38.9 Å². The lowest BCUT2D eigenvalue weighted by Gasteiger charge is -2.71. The number of carboxylic acids is 1. The Morgan fingerprint density at radius 2 is 1.52 bits per heavy atom. The quantitative estimate of drug-likeness (QED) is 0.257. The van der Waals surface area contributed by atoms with Gasteiger partial charge in [0, 0.05) is 0 Å². The number of rotatable bonds is 3. The standard InChI is InChI=1S/C37H60O7/c1-20-26(38)28(40)29(41)30(44-20)27(39)22-11-13-34(6)24(33(22,4)5)12-14-36(8)25(34)10-9-21-23-19-32(2,3)15-17-37(23,31(42)43)18-16-35(21,36)7/h9,20,22-30,38-41H,10-19H2,1-8H3,(H,42,43)/t20?,22?,23?,24?,25?,26-,27?,28?,29?,30+,34+,35-,36-,37+/m1/s1. The second-order valence-corrected chi connectivity index (χ2v) is 18.4. The molecular weight excluding hydrogens is 556 g/mol. The molecule has 0 aromatic heterocycles. The molecule has 1 saturated heterocycles. The highest BCUT2D eigenvalue weighted by molar-refractivity contribution is 5.76. The molecule has 6 rings (SSSR count). The minimum Gasteiger partial charge on any atom is -0.481 e. The van der Waals surface area contributed by atoms with Crippen LogP contribution in [0, 0.1) is 56.2 Å². The summed E-state index contributed by atoms with van der Waals surface area (Å²) in [5.74, 6) is 0.225. The Bertz CT molecular complexity index is 1190. The molecule has 8 unspecified atom stereocenters. The van der Waals surface area contributed by atoms with Gasteiger partial charge in [-0.3, -0.25) is 4.79 Å². The molecule has 5 aliphatic carbocycles. The van der Waals surface area contributed by atoms with Crippen molar-refractivity contribution in [3.8, 4) is 0 Å². The Kier molecular flexibility index (Phi) is 7.67. The third-order valence-corrected chi connectivity index (χ3v) is 15.8. The Morgan fingerprint density at radius 1 is 0.864 bits per heavy atom. The van der Waals surface area contributed by atoms with Gasteiger partial charge < -0.3 is 30.3 Å². The number of carbonyl (C=O) groups is 1. The summed E-state index contributed by atoms with van der Waals surface area (Å²) in [5.41, 5.74) is 0.817. The second-order valence-electron chi connectivity index (χ2n) is 18.4. The van der Waals surface area contributed by atoms with E-state index >= 15 is 0 Å². The molecule has 44 heavy (non-hydrogen) atoms. The maximum Gasteiger partial charge on any atom is 0.310 e. The molecule has 7 heteroatoms. The van der Waals surface area contributed by atoms with Crippen LogP contribution in [0.3, 0.4) is 0 Å². The molecule has 0 radical (unpaired) electrons. The highest BCUT2D eigenvalue weighted by Gasteiger charge is 2.69. The van der Waals surface area contributed by atoms with Crippen molar-refractivity contribution < 1.29 is 35.1 Å². The van der Waals surface area contributed by atoms with Crippen molar-refractivity contribution in [1.82, 2.24) is 0 Å². The van der Waals surface area contributed by atoms with Crippen LogP contribution in [0.1, 0.15) is 120 Å². The van der Waals surface area contributed by atoms with E-state index in [9.17, 15) is 30.3 Å². The van der Waals surface area contributed by atoms with E-state index in [1.165, 1.54) is 5.57 Å². The number of carboxylic acid groups (broad SMARTS) is 1. The predicted octanol–water partition coefficient (Wildman–Crippen LogP) is 5.72. The first-order valence-electron chi connectivity index (χ1n) is 17.6. The molecule has 5 fully saturated rings. The molecule has 0 bridgehead atoms. The number of hydrogen-bond acceptors (Lipinski definition) is 6. The van der Waals surface area contributed by atoms with Gasteiger partial charge >= 0.3 is 5.97 Å². The SMILES string of the molecule is CC1O[C@@H](C(O)C2CC[C@@]3(C)C(CC[C@]4(C)C3CC=C3C5CC(C)(C)CC[C@]5(C(=O)O)CC[C@]34C)C2(C)C)C(O)C(O)[C@@H]1O. The lowest BCUT2D eigenvalue weighted by molar-refractivity contribution is -0.260. The fourth-order valence-electron chi connectivity index (χ4n) is 12.9. The van der Waals surface area contributed by atoms with Crippen LogP contribution >= 0.6 is 0 Å². The molecule has 1 aliphatic heterocycles. The fourth-order valence-corrected chi connectivity index (χ4v) is 12.9. The van der Waals surface area contributed by atoms with Crippen molar-refractivity contribution in [3.05, 3.63) is 11.6 Å². The Hall–Kier alpha value is -0.990. The summed E-state index contributed by atoms with van der Waals surface area (Å²) in [6.07, 6.45) is 5.37. The minimum atomic E-state index is -1.35. The van der Waals surface area contributed by atoms with Crippen molar-refractivity contribution in [3.63, 3.8) is 0 Å². The molecule has 7 nitrogen and oxygen atoms in total. The first-order valence-corrected chi connectivity index (χ1v) is 17.6. The molecule has 4 saturated carbocycles. The van der Waals surface area contributed by atoms with Crippen molar-refractivity contribution in [2.24, 2.45) is 56.2 Å². The maximum absolute atomic E-state index is 12.9. The van der Waals surface area contributed by atoms with E-state index in [4.69, 9.17) is 4.74 Å². The summed E-state index contributed by atoms with van der Waals surface area (Å²) in [5, 5.41) is 54.0. The van der Waals surface area contributed by atoms with Gasteiger partial charge in [0.25, 0.3) is 0 Å². The summed E-state index contributed by atoms with van der Waals surface area (Å²) in [4.78, 5) is 12.9. The number of aliphatic hydroxyl groups excluding tert-OH is 4. The largest absolute Gasteiger partial charge is 0.481 e. The molecule has 14 atom stereocenters. The summed E-state index contributed by atoms with van der Waals surface area (Å²) in [6, 6.07) is 0. The fraction of sp³-hybridized carbons (Fsp3) is 0.919. The Morgan fingerprint density at radius 3 is 2.18 bits per heavy atom. The summed E-state index contributed by atoms with van der Waals surface area (Å²) < 4.78 is 5.95. The van der Waals surface area contributed by atoms with Gasteiger partial charge in [0.2, 0.25) is 0 Å². The lowest BCUT2D eigenvalue weighted by atomic mass is 9.33. The molecule has 0 spiro atoms. The zero-order chi connectivity index (χ0) is 32.4. The van der Waals surface area contributed by atoms with E-state index in [0.717, 1.165) is 64.2 Å². The van der Waals surface area contributed by atoms with E-state index in [0.29, 0.717) is 11.8 Å². The van der Waals surface area contributed by atoms with Crippen molar-refractivity contribution in [2.75, 3.05) is 0 Å². The monoisotopic (exact) mass is 616 g/mol. The van der Waals surface area contributed by atoms with Crippen molar-refractivity contribution in [2.45, 2.75) is 156 Å². The van der Waals surface area contributed by atoms with Crippen LogP contribution < -0.4 is 0 Å². The number of fused-ring (bicyclic) bond motifs is 7. The number of allylic oxidation sites excluding steroid dienone is 2. The highest BCUT2D eigenvalue weighted by Crippen LogP contribution is 2.76. The van der Waals surface area contributed by atoms with Crippen LogP contribution in [0.4, 0.5) is 0 Å². The van der Waals surface area contributed by atoms with E-state index in [2.05, 4.69) is 54.5 Å². The summed E-state index contributed by atoms with van der Waals surface area (Å²) in [7, 11) is 0. The van der Waals surface area contributed by atoms with Gasteiger partial charge in [-0.25, -0.2) is 0 Å². The zero-order valence-corrected chi connectivity index (χ0v) is 28.5. The first-order chi connectivity index (χ1) is 20.3. The van der Waals surface area contributed by atoms with Crippen LogP contribution in [-0.4, -0.2) is 68.1 Å². The van der Waals surface area contributed by atoms with Gasteiger partial charge in [0.15, 0.2) is 0 Å². The molecule has 0 aromatic carbocycles. The average molecular weight is 617 g/mol. The van der Waals surface area contributed by atoms with Gasteiger partial charge in [-0.05, 0) is 122 Å². The van der Waals surface area contributed by atoms with Crippen molar-refractivity contribution >= 4 is 5.97 Å². The van der Waals surface area contributed by atoms with Crippen LogP contribution in [0.2, 0.25) is 0 Å². The van der Waals surface area contributed by atoms with Gasteiger partial charge in [0.05, 0.1) is 17.6 Å². The molecule has 1 heterocycles. The topological polar surface area (TPSA) is 127 Å². The molecule has 0 aromatic rings. The van der Waals surface area contributed by atoms with E-state index in [1.54, 1.807) is 6.92 Å². The lowest BCUT2D eigenvalue weighted by Crippen LogP contribution is -2.66. The van der Waals surface area contributed by atoms with Gasteiger partial charge in [0.1, 0.15) is 24.4 Å². The molecule has 6 aliphatic rings. The number of ether oxygens (including phenoxy) is 1. The van der Waals surface area contributed by atoms with Gasteiger partial charge in [-0.15, -0.1) is 0 Å². The molecule has 5 N–H and O–H groups in total. The number of aliphatic hydroxyl groups is 4. The summed E-state index contributed by atoms with van der Waals surface area (Å²) >= 11 is 0. The van der Waals surface area contributed by atoms with Gasteiger partial charge in [-0.1, -0.05) is 60.1 Å². The molecule has 250 valence electrons. The number of aliphatic carboxylic acids is 1.